The number of H-pyrrole nitrogens is 1. The van der Waals surface area contributed by atoms with Crippen LogP contribution >= 0.6 is 10.7 Å². The molecule has 0 spiro atoms. The number of nitrogens with two attached hydrogens (primary N) is 1. The second-order valence-electron chi connectivity index (χ2n) is 2.56. The lowest BCUT2D eigenvalue weighted by Crippen LogP contribution is -2.15. The summed E-state index contributed by atoms with van der Waals surface area (Å²) in [6, 6.07) is 0.545. The number of hydrogen-bond acceptors (Lipinski definition) is 4. The van der Waals surface area contributed by atoms with Gasteiger partial charge in [-0.3, -0.25) is 4.79 Å². The molecule has 0 saturated carbocycles. The molecule has 0 unspecified atom stereocenters. The van der Waals surface area contributed by atoms with E-state index >= 15 is 0 Å². The standard InChI is InChI=1S/C6H5ClF2N2O3S/c7-15(13,14)3-1-2(12)4(10)5(11-3)6(8)9/h1,6H,10H2,(H,11,12). The highest BCUT2D eigenvalue weighted by Gasteiger charge is 2.20. The molecule has 0 fully saturated rings. The molecular formula is C6H5ClF2N2O3S. The third-order valence-corrected chi connectivity index (χ3v) is 2.80. The first kappa shape index (κ1) is 11.9. The van der Waals surface area contributed by atoms with Gasteiger partial charge in [-0.15, -0.1) is 0 Å². The maximum atomic E-state index is 12.3. The van der Waals surface area contributed by atoms with E-state index in [-0.39, 0.29) is 0 Å². The zero-order valence-electron chi connectivity index (χ0n) is 7.00. The molecule has 1 heterocycles. The summed E-state index contributed by atoms with van der Waals surface area (Å²) < 4.78 is 46.1. The molecule has 0 bridgehead atoms. The van der Waals surface area contributed by atoms with Gasteiger partial charge in [-0.2, -0.15) is 0 Å². The molecule has 0 atom stereocenters. The van der Waals surface area contributed by atoms with Crippen LogP contribution in [0, 0.1) is 0 Å². The molecule has 9 heteroatoms. The Morgan fingerprint density at radius 3 is 2.40 bits per heavy atom. The minimum Gasteiger partial charge on any atom is -0.394 e. The molecule has 0 aromatic carbocycles. The first-order valence-corrected chi connectivity index (χ1v) is 5.80. The predicted octanol–water partition coefficient (Wildman–Crippen LogP) is 0.822. The summed E-state index contributed by atoms with van der Waals surface area (Å²) in [5.41, 5.74) is 2.32. The molecular weight excluding hydrogens is 254 g/mol. The average molecular weight is 259 g/mol. The minimum absolute atomic E-state index is 0.545. The van der Waals surface area contributed by atoms with Crippen LogP contribution < -0.4 is 11.2 Å². The summed E-state index contributed by atoms with van der Waals surface area (Å²) in [6.07, 6.45) is -3.09. The van der Waals surface area contributed by atoms with Crippen LogP contribution in [0.3, 0.4) is 0 Å². The molecule has 0 aliphatic heterocycles. The van der Waals surface area contributed by atoms with E-state index in [1.54, 1.807) is 4.98 Å². The van der Waals surface area contributed by atoms with Gasteiger partial charge in [0, 0.05) is 16.7 Å². The van der Waals surface area contributed by atoms with Crippen molar-refractivity contribution in [3.8, 4) is 0 Å². The van der Waals surface area contributed by atoms with Crippen LogP contribution in [-0.2, 0) is 9.05 Å². The Labute approximate surface area is 87.3 Å². The normalized spacial score (nSPS) is 12.0. The highest BCUT2D eigenvalue weighted by molar-refractivity contribution is 8.13. The van der Waals surface area contributed by atoms with Crippen LogP contribution in [0.25, 0.3) is 0 Å². The fourth-order valence-electron chi connectivity index (χ4n) is 0.869. The first-order chi connectivity index (χ1) is 6.73. The van der Waals surface area contributed by atoms with Gasteiger partial charge in [0.25, 0.3) is 15.5 Å². The number of aromatic amines is 1. The zero-order chi connectivity index (χ0) is 11.8. The summed E-state index contributed by atoms with van der Waals surface area (Å²) in [6.45, 7) is 0. The smallest absolute Gasteiger partial charge is 0.280 e. The number of nitrogen functional groups attached to an aromatic ring is 1. The Bertz CT molecular complexity index is 540. The van der Waals surface area contributed by atoms with Crippen molar-refractivity contribution in [3.63, 3.8) is 0 Å². The van der Waals surface area contributed by atoms with Crippen molar-refractivity contribution in [2.75, 3.05) is 5.73 Å². The van der Waals surface area contributed by atoms with Gasteiger partial charge in [-0.25, -0.2) is 17.2 Å². The number of aromatic nitrogens is 1. The highest BCUT2D eigenvalue weighted by atomic mass is 35.7. The topological polar surface area (TPSA) is 93.0 Å². The maximum Gasteiger partial charge on any atom is 0.280 e. The summed E-state index contributed by atoms with van der Waals surface area (Å²) in [5.74, 6) is 0. The van der Waals surface area contributed by atoms with Crippen molar-refractivity contribution in [1.82, 2.24) is 4.98 Å². The first-order valence-electron chi connectivity index (χ1n) is 3.49. The molecule has 0 aliphatic rings. The quantitative estimate of drug-likeness (QED) is 0.768. The number of nitrogens with one attached hydrogen (secondary N) is 1. The van der Waals surface area contributed by atoms with Crippen molar-refractivity contribution >= 4 is 25.4 Å². The van der Waals surface area contributed by atoms with Crippen LogP contribution in [0.5, 0.6) is 0 Å². The molecule has 1 rings (SSSR count). The summed E-state index contributed by atoms with van der Waals surface area (Å²) in [5, 5.41) is -0.807. The monoisotopic (exact) mass is 258 g/mol. The molecule has 0 aliphatic carbocycles. The predicted molar refractivity (Wildman–Crippen MR) is 49.5 cm³/mol. The Kier molecular flexibility index (Phi) is 3.00. The Balaban J connectivity index is 3.58. The second-order valence-corrected chi connectivity index (χ2v) is 5.10. The second kappa shape index (κ2) is 3.78. The van der Waals surface area contributed by atoms with E-state index in [0.29, 0.717) is 6.07 Å². The largest absolute Gasteiger partial charge is 0.394 e. The molecule has 1 aromatic heterocycles. The number of alkyl halides is 2. The lowest BCUT2D eigenvalue weighted by Gasteiger charge is -2.05. The lowest BCUT2D eigenvalue weighted by atomic mass is 10.3. The number of anilines is 1. The van der Waals surface area contributed by atoms with Gasteiger partial charge in [0.1, 0.15) is 11.4 Å². The Morgan fingerprint density at radius 1 is 1.47 bits per heavy atom. The fraction of sp³-hybridized carbons (Fsp3) is 0.167. The Morgan fingerprint density at radius 2 is 2.00 bits per heavy atom. The molecule has 3 N–H and O–H groups in total. The van der Waals surface area contributed by atoms with E-state index in [9.17, 15) is 22.0 Å². The number of rotatable bonds is 2. The van der Waals surface area contributed by atoms with Gasteiger partial charge < -0.3 is 10.7 Å². The van der Waals surface area contributed by atoms with Crippen LogP contribution in [0.4, 0.5) is 14.5 Å². The van der Waals surface area contributed by atoms with E-state index in [4.69, 9.17) is 16.4 Å². The minimum atomic E-state index is -4.27. The van der Waals surface area contributed by atoms with Crippen LogP contribution in [-0.4, -0.2) is 13.4 Å². The van der Waals surface area contributed by atoms with Crippen molar-refractivity contribution < 1.29 is 17.2 Å². The van der Waals surface area contributed by atoms with Crippen LogP contribution in [0.15, 0.2) is 15.9 Å². The molecule has 0 radical (unpaired) electrons. The third-order valence-electron chi connectivity index (χ3n) is 1.56. The fourth-order valence-corrected chi connectivity index (χ4v) is 1.60. The summed E-state index contributed by atoms with van der Waals surface area (Å²) in [4.78, 5) is 12.8. The van der Waals surface area contributed by atoms with Crippen molar-refractivity contribution in [3.05, 3.63) is 22.0 Å². The third kappa shape index (κ3) is 2.45. The number of pyridine rings is 1. The van der Waals surface area contributed by atoms with E-state index in [1.807, 2.05) is 0 Å². The summed E-state index contributed by atoms with van der Waals surface area (Å²) >= 11 is 0. The van der Waals surface area contributed by atoms with Crippen molar-refractivity contribution in [2.24, 2.45) is 0 Å². The molecule has 0 saturated heterocycles. The van der Waals surface area contributed by atoms with Gasteiger partial charge in [0.15, 0.2) is 5.03 Å². The van der Waals surface area contributed by atoms with E-state index in [2.05, 4.69) is 0 Å². The Hall–Kier alpha value is -1.15. The lowest BCUT2D eigenvalue weighted by molar-refractivity contribution is 0.146. The van der Waals surface area contributed by atoms with E-state index in [1.165, 1.54) is 0 Å². The molecule has 5 nitrogen and oxygen atoms in total. The van der Waals surface area contributed by atoms with E-state index < -0.39 is 37.3 Å². The molecule has 84 valence electrons. The SMILES string of the molecule is Nc1c(C(F)F)[nH]c(S(=O)(=O)Cl)cc1=O. The van der Waals surface area contributed by atoms with Gasteiger partial charge in [-0.1, -0.05) is 0 Å². The maximum absolute atomic E-state index is 12.3. The van der Waals surface area contributed by atoms with Gasteiger partial charge in [-0.05, 0) is 0 Å². The van der Waals surface area contributed by atoms with Crippen LogP contribution in [0.2, 0.25) is 0 Å². The van der Waals surface area contributed by atoms with Gasteiger partial charge in [0.2, 0.25) is 5.43 Å². The van der Waals surface area contributed by atoms with Gasteiger partial charge in [0.05, 0.1) is 0 Å². The van der Waals surface area contributed by atoms with Crippen molar-refractivity contribution in [1.29, 1.82) is 0 Å². The number of halogens is 3. The molecule has 1 aromatic rings. The van der Waals surface area contributed by atoms with E-state index in [0.717, 1.165) is 0 Å². The highest BCUT2D eigenvalue weighted by Crippen LogP contribution is 2.22. The van der Waals surface area contributed by atoms with Crippen molar-refractivity contribution in [2.45, 2.75) is 11.5 Å². The summed E-state index contributed by atoms with van der Waals surface area (Å²) in [7, 11) is 0.606. The van der Waals surface area contributed by atoms with Crippen LogP contribution in [0.1, 0.15) is 12.1 Å². The average Bonchev–Trinajstić information content (AvgIpc) is 2.06. The zero-order valence-corrected chi connectivity index (χ0v) is 8.57. The molecule has 15 heavy (non-hydrogen) atoms. The molecule has 0 amide bonds. The number of hydrogen-bond donors (Lipinski definition) is 2. The van der Waals surface area contributed by atoms with Gasteiger partial charge >= 0.3 is 0 Å².